The summed E-state index contributed by atoms with van der Waals surface area (Å²) in [6.45, 7) is 1.30. The summed E-state index contributed by atoms with van der Waals surface area (Å²) < 4.78 is 39.4. The minimum absolute atomic E-state index is 0.130. The van der Waals surface area contributed by atoms with Gasteiger partial charge in [-0.05, 0) is 53.9 Å². The van der Waals surface area contributed by atoms with Crippen molar-refractivity contribution in [2.24, 2.45) is 5.16 Å². The van der Waals surface area contributed by atoms with Crippen molar-refractivity contribution in [3.8, 4) is 11.1 Å². The van der Waals surface area contributed by atoms with E-state index in [1.807, 2.05) is 7.05 Å². The van der Waals surface area contributed by atoms with Crippen LogP contribution in [0.3, 0.4) is 0 Å². The van der Waals surface area contributed by atoms with Crippen LogP contribution in [0, 0.1) is 0 Å². The lowest BCUT2D eigenvalue weighted by molar-refractivity contribution is -0.137. The molecule has 5 nitrogen and oxygen atoms in total. The van der Waals surface area contributed by atoms with E-state index in [-0.39, 0.29) is 5.71 Å². The number of halogens is 3. The van der Waals surface area contributed by atoms with Gasteiger partial charge in [-0.15, -0.1) is 0 Å². The van der Waals surface area contributed by atoms with Gasteiger partial charge >= 0.3 is 6.18 Å². The first-order valence-electron chi connectivity index (χ1n) is 8.38. The number of nitrogens with one attached hydrogen (secondary N) is 1. The number of fused-ring (bicyclic) bond motifs is 3. The molecule has 4 rings (SSSR count). The molecule has 0 fully saturated rings. The average molecular weight is 375 g/mol. The lowest BCUT2D eigenvalue weighted by atomic mass is 9.87. The van der Waals surface area contributed by atoms with Gasteiger partial charge in [0.1, 0.15) is 0 Å². The van der Waals surface area contributed by atoms with Crippen molar-refractivity contribution >= 4 is 17.3 Å². The fourth-order valence-corrected chi connectivity index (χ4v) is 3.74. The highest BCUT2D eigenvalue weighted by atomic mass is 19.4. The second-order valence-electron chi connectivity index (χ2n) is 6.77. The second-order valence-corrected chi connectivity index (χ2v) is 6.77. The van der Waals surface area contributed by atoms with E-state index in [9.17, 15) is 23.2 Å². The number of hydrogen-bond acceptors (Lipinski definition) is 4. The number of oxime groups is 1. The Hall–Kier alpha value is -2.87. The maximum absolute atomic E-state index is 13.1. The zero-order valence-corrected chi connectivity index (χ0v) is 14.4. The number of hydrogen-bond donors (Lipinski definition) is 2. The van der Waals surface area contributed by atoms with Gasteiger partial charge in [0.15, 0.2) is 5.71 Å². The van der Waals surface area contributed by atoms with E-state index >= 15 is 0 Å². The van der Waals surface area contributed by atoms with Gasteiger partial charge in [-0.3, -0.25) is 4.79 Å². The molecule has 0 saturated heterocycles. The minimum Gasteiger partial charge on any atom is -0.410 e. The first-order chi connectivity index (χ1) is 12.8. The first kappa shape index (κ1) is 17.5. The molecule has 2 aromatic carbocycles. The molecule has 2 heterocycles. The summed E-state index contributed by atoms with van der Waals surface area (Å²) >= 11 is 0. The van der Waals surface area contributed by atoms with E-state index in [0.29, 0.717) is 35.3 Å². The molecule has 0 saturated carbocycles. The normalized spacial score (nSPS) is 18.4. The second kappa shape index (κ2) is 6.09. The summed E-state index contributed by atoms with van der Waals surface area (Å²) in [6.07, 6.45) is -3.80. The smallest absolute Gasteiger partial charge is 0.410 e. The minimum atomic E-state index is -4.44. The maximum atomic E-state index is 13.1. The van der Waals surface area contributed by atoms with E-state index in [4.69, 9.17) is 0 Å². The van der Waals surface area contributed by atoms with E-state index in [2.05, 4.69) is 15.4 Å². The first-order valence-corrected chi connectivity index (χ1v) is 8.38. The molecule has 2 N–H and O–H groups in total. The van der Waals surface area contributed by atoms with Gasteiger partial charge < -0.3 is 15.4 Å². The van der Waals surface area contributed by atoms with Gasteiger partial charge in [0.25, 0.3) is 5.91 Å². The van der Waals surface area contributed by atoms with Crippen molar-refractivity contribution in [2.75, 3.05) is 18.9 Å². The Kier molecular flexibility index (Phi) is 3.96. The summed E-state index contributed by atoms with van der Waals surface area (Å²) in [5.74, 6) is -0.524. The zero-order chi connectivity index (χ0) is 19.3. The number of benzene rings is 2. The standard InChI is InChI=1S/C19H16F3N3O2/c1-25-6-5-12-13(10-3-2-4-11(7-10)19(20,21)22)8-14-16(15(12)9-25)23-18(26)17(14)24-27/h2-4,7-8,27H,5-6,9H2,1H3,(H,23,24,26). The summed E-state index contributed by atoms with van der Waals surface area (Å²) in [7, 11) is 1.93. The van der Waals surface area contributed by atoms with Crippen molar-refractivity contribution in [3.05, 3.63) is 52.6 Å². The van der Waals surface area contributed by atoms with Gasteiger partial charge in [-0.25, -0.2) is 0 Å². The van der Waals surface area contributed by atoms with Crippen molar-refractivity contribution < 1.29 is 23.2 Å². The predicted molar refractivity (Wildman–Crippen MR) is 93.9 cm³/mol. The largest absolute Gasteiger partial charge is 0.416 e. The van der Waals surface area contributed by atoms with Crippen LogP contribution < -0.4 is 5.32 Å². The molecule has 0 atom stereocenters. The maximum Gasteiger partial charge on any atom is 0.416 e. The van der Waals surface area contributed by atoms with E-state index in [1.54, 1.807) is 12.1 Å². The number of anilines is 1. The number of amides is 1. The number of alkyl halides is 3. The molecule has 2 aliphatic rings. The number of likely N-dealkylation sites (N-methyl/N-ethyl adjacent to an activating group) is 1. The zero-order valence-electron chi connectivity index (χ0n) is 14.4. The summed E-state index contributed by atoms with van der Waals surface area (Å²) in [4.78, 5) is 14.2. The van der Waals surface area contributed by atoms with Crippen molar-refractivity contribution in [3.63, 3.8) is 0 Å². The third kappa shape index (κ3) is 2.86. The lowest BCUT2D eigenvalue weighted by Crippen LogP contribution is -2.27. The van der Waals surface area contributed by atoms with Crippen LogP contribution in [-0.4, -0.2) is 35.3 Å². The fraction of sp³-hybridized carbons (Fsp3) is 0.263. The fourth-order valence-electron chi connectivity index (χ4n) is 3.74. The SMILES string of the molecule is CN1CCc2c(-c3cccc(C(F)(F)F)c3)cc3c(c2C1)NC(=O)/C3=N/O. The Balaban J connectivity index is 1.97. The number of carbonyl (C=O) groups excluding carboxylic acids is 1. The van der Waals surface area contributed by atoms with Crippen LogP contribution in [0.5, 0.6) is 0 Å². The molecule has 0 aliphatic carbocycles. The molecule has 27 heavy (non-hydrogen) atoms. The topological polar surface area (TPSA) is 64.9 Å². The Morgan fingerprint density at radius 1 is 1.19 bits per heavy atom. The summed E-state index contributed by atoms with van der Waals surface area (Å²) in [5.41, 5.74) is 2.92. The highest BCUT2D eigenvalue weighted by Gasteiger charge is 2.34. The van der Waals surface area contributed by atoms with E-state index in [1.165, 1.54) is 6.07 Å². The third-order valence-corrected chi connectivity index (χ3v) is 5.03. The van der Waals surface area contributed by atoms with Gasteiger partial charge in [-0.2, -0.15) is 13.2 Å². The highest BCUT2D eigenvalue weighted by Crippen LogP contribution is 2.41. The van der Waals surface area contributed by atoms with Crippen molar-refractivity contribution in [1.29, 1.82) is 0 Å². The van der Waals surface area contributed by atoms with Crippen LogP contribution in [0.2, 0.25) is 0 Å². The molecule has 2 aliphatic heterocycles. The molecule has 0 spiro atoms. The van der Waals surface area contributed by atoms with Gasteiger partial charge in [-0.1, -0.05) is 17.3 Å². The van der Waals surface area contributed by atoms with Crippen LogP contribution in [-0.2, 0) is 23.9 Å². The molecule has 8 heteroatoms. The van der Waals surface area contributed by atoms with Gasteiger partial charge in [0, 0.05) is 18.7 Å². The van der Waals surface area contributed by atoms with Gasteiger partial charge in [0.05, 0.1) is 11.3 Å². The molecule has 140 valence electrons. The monoisotopic (exact) mass is 375 g/mol. The molecule has 0 unspecified atom stereocenters. The van der Waals surface area contributed by atoms with Crippen LogP contribution in [0.25, 0.3) is 11.1 Å². The molecule has 1 amide bonds. The highest BCUT2D eigenvalue weighted by molar-refractivity contribution is 6.54. The molecular weight excluding hydrogens is 359 g/mol. The van der Waals surface area contributed by atoms with E-state index < -0.39 is 17.6 Å². The number of carbonyl (C=O) groups is 1. The molecule has 0 aromatic heterocycles. The van der Waals surface area contributed by atoms with E-state index in [0.717, 1.165) is 29.8 Å². The van der Waals surface area contributed by atoms with Crippen LogP contribution in [0.1, 0.15) is 22.3 Å². The Morgan fingerprint density at radius 3 is 2.67 bits per heavy atom. The third-order valence-electron chi connectivity index (χ3n) is 5.03. The average Bonchev–Trinajstić information content (AvgIpc) is 2.95. The Morgan fingerprint density at radius 2 is 1.96 bits per heavy atom. The van der Waals surface area contributed by atoms with Gasteiger partial charge in [0.2, 0.25) is 0 Å². The molecule has 0 radical (unpaired) electrons. The predicted octanol–water partition coefficient (Wildman–Crippen LogP) is 3.49. The number of rotatable bonds is 1. The molecule has 0 bridgehead atoms. The summed E-state index contributed by atoms with van der Waals surface area (Å²) in [6, 6.07) is 6.78. The quantitative estimate of drug-likeness (QED) is 0.592. The van der Waals surface area contributed by atoms with Crippen LogP contribution in [0.4, 0.5) is 18.9 Å². The Labute approximate surface area is 153 Å². The molecular formula is C19H16F3N3O2. The van der Waals surface area contributed by atoms with Crippen LogP contribution >= 0.6 is 0 Å². The van der Waals surface area contributed by atoms with Crippen molar-refractivity contribution in [1.82, 2.24) is 4.90 Å². The summed E-state index contributed by atoms with van der Waals surface area (Å²) in [5, 5.41) is 15.0. The number of nitrogens with zero attached hydrogens (tertiary/aromatic N) is 2. The lowest BCUT2D eigenvalue weighted by Gasteiger charge is -2.29. The molecule has 2 aromatic rings. The Bertz CT molecular complexity index is 983. The van der Waals surface area contributed by atoms with Crippen molar-refractivity contribution in [2.45, 2.75) is 19.1 Å². The van der Waals surface area contributed by atoms with Crippen LogP contribution in [0.15, 0.2) is 35.5 Å².